The second-order valence-electron chi connectivity index (χ2n) is 5.10. The van der Waals surface area contributed by atoms with Crippen LogP contribution >= 0.6 is 0 Å². The van der Waals surface area contributed by atoms with Crippen LogP contribution in [0.5, 0.6) is 0 Å². The van der Waals surface area contributed by atoms with Gasteiger partial charge in [0.25, 0.3) is 10.0 Å². The zero-order chi connectivity index (χ0) is 17.9. The number of aryl methyl sites for hydroxylation is 2. The molecule has 126 valence electrons. The van der Waals surface area contributed by atoms with Crippen LogP contribution in [-0.4, -0.2) is 26.0 Å². The number of H-pyrrole nitrogens is 1. The van der Waals surface area contributed by atoms with Crippen molar-refractivity contribution in [2.24, 2.45) is 0 Å². The second-order valence-corrected chi connectivity index (χ2v) is 6.72. The molecule has 2 N–H and O–H groups in total. The van der Waals surface area contributed by atoms with Gasteiger partial charge >= 0.3 is 5.97 Å². The molecule has 0 radical (unpaired) electrons. The normalized spacial score (nSPS) is 10.9. The van der Waals surface area contributed by atoms with E-state index in [1.807, 2.05) is 6.07 Å². The number of nitriles is 1. The Morgan fingerprint density at radius 2 is 2.04 bits per heavy atom. The van der Waals surface area contributed by atoms with E-state index in [0.29, 0.717) is 17.0 Å². The van der Waals surface area contributed by atoms with Gasteiger partial charge in [0.1, 0.15) is 10.5 Å². The summed E-state index contributed by atoms with van der Waals surface area (Å²) >= 11 is 0. The van der Waals surface area contributed by atoms with Gasteiger partial charge in [0.15, 0.2) is 0 Å². The zero-order valence-electron chi connectivity index (χ0n) is 13.5. The second kappa shape index (κ2) is 6.76. The van der Waals surface area contributed by atoms with Crippen LogP contribution in [0.2, 0.25) is 0 Å². The molecular formula is C16H17N3O4S. The molecule has 0 aliphatic heterocycles. The van der Waals surface area contributed by atoms with E-state index in [9.17, 15) is 13.2 Å². The first-order valence-corrected chi connectivity index (χ1v) is 8.67. The summed E-state index contributed by atoms with van der Waals surface area (Å²) in [5, 5.41) is 8.91. The molecule has 2 rings (SSSR count). The number of anilines is 1. The number of ether oxygens (including phenoxy) is 1. The number of rotatable bonds is 5. The third kappa shape index (κ3) is 3.41. The van der Waals surface area contributed by atoms with E-state index in [4.69, 9.17) is 10.00 Å². The van der Waals surface area contributed by atoms with Gasteiger partial charge in [-0.15, -0.1) is 0 Å². The molecule has 2 aromatic rings. The van der Waals surface area contributed by atoms with Crippen LogP contribution in [0.1, 0.15) is 34.2 Å². The number of aromatic nitrogens is 1. The zero-order valence-corrected chi connectivity index (χ0v) is 14.3. The Morgan fingerprint density at radius 1 is 1.33 bits per heavy atom. The lowest BCUT2D eigenvalue weighted by atomic mass is 10.2. The molecule has 1 heterocycles. The Hall–Kier alpha value is -2.79. The largest absolute Gasteiger partial charge is 0.462 e. The summed E-state index contributed by atoms with van der Waals surface area (Å²) in [6, 6.07) is 8.01. The lowest BCUT2D eigenvalue weighted by Gasteiger charge is -2.10. The summed E-state index contributed by atoms with van der Waals surface area (Å²) in [5.41, 5.74) is 1.29. The van der Waals surface area contributed by atoms with Crippen LogP contribution in [0, 0.1) is 25.2 Å². The first-order chi connectivity index (χ1) is 11.3. The van der Waals surface area contributed by atoms with Crippen LogP contribution in [-0.2, 0) is 14.8 Å². The molecule has 1 aromatic heterocycles. The van der Waals surface area contributed by atoms with E-state index >= 15 is 0 Å². The summed E-state index contributed by atoms with van der Waals surface area (Å²) in [4.78, 5) is 14.8. The van der Waals surface area contributed by atoms with Crippen molar-refractivity contribution in [3.63, 3.8) is 0 Å². The third-order valence-electron chi connectivity index (χ3n) is 3.31. The highest BCUT2D eigenvalue weighted by molar-refractivity contribution is 7.92. The smallest absolute Gasteiger partial charge is 0.341 e. The average Bonchev–Trinajstić information content (AvgIpc) is 2.82. The Bertz CT molecular complexity index is 923. The fraction of sp³-hybridized carbons (Fsp3) is 0.250. The van der Waals surface area contributed by atoms with Crippen molar-refractivity contribution < 1.29 is 17.9 Å². The highest BCUT2D eigenvalue weighted by Gasteiger charge is 2.30. The molecule has 0 saturated carbocycles. The molecular weight excluding hydrogens is 330 g/mol. The summed E-state index contributed by atoms with van der Waals surface area (Å²) in [7, 11) is -4.03. The molecule has 0 unspecified atom stereocenters. The van der Waals surface area contributed by atoms with E-state index in [0.717, 1.165) is 0 Å². The number of esters is 1. The Kier molecular flexibility index (Phi) is 4.95. The quantitative estimate of drug-likeness (QED) is 0.807. The summed E-state index contributed by atoms with van der Waals surface area (Å²) in [5.74, 6) is -0.703. The molecule has 0 fully saturated rings. The van der Waals surface area contributed by atoms with Crippen molar-refractivity contribution in [1.82, 2.24) is 4.98 Å². The maximum atomic E-state index is 12.7. The van der Waals surface area contributed by atoms with Crippen molar-refractivity contribution in [2.45, 2.75) is 25.7 Å². The molecule has 1 aromatic carbocycles. The van der Waals surface area contributed by atoms with E-state index in [-0.39, 0.29) is 22.8 Å². The lowest BCUT2D eigenvalue weighted by Crippen LogP contribution is -2.18. The topological polar surface area (TPSA) is 112 Å². The first kappa shape index (κ1) is 17.6. The van der Waals surface area contributed by atoms with Crippen molar-refractivity contribution in [1.29, 1.82) is 5.26 Å². The number of nitrogens with zero attached hydrogens (tertiary/aromatic N) is 1. The molecule has 0 atom stereocenters. The van der Waals surface area contributed by atoms with Gasteiger partial charge in [0.05, 0.1) is 23.9 Å². The molecule has 0 saturated heterocycles. The van der Waals surface area contributed by atoms with Gasteiger partial charge in [-0.2, -0.15) is 5.26 Å². The maximum Gasteiger partial charge on any atom is 0.341 e. The fourth-order valence-electron chi connectivity index (χ4n) is 2.40. The van der Waals surface area contributed by atoms with Crippen LogP contribution in [0.25, 0.3) is 0 Å². The van der Waals surface area contributed by atoms with Crippen LogP contribution in [0.3, 0.4) is 0 Å². The van der Waals surface area contributed by atoms with E-state index in [2.05, 4.69) is 9.71 Å². The van der Waals surface area contributed by atoms with E-state index in [1.54, 1.807) is 32.9 Å². The Morgan fingerprint density at radius 3 is 2.67 bits per heavy atom. The molecule has 0 spiro atoms. The van der Waals surface area contributed by atoms with E-state index in [1.165, 1.54) is 12.1 Å². The number of benzene rings is 1. The van der Waals surface area contributed by atoms with Crippen LogP contribution in [0.4, 0.5) is 5.69 Å². The molecule has 24 heavy (non-hydrogen) atoms. The van der Waals surface area contributed by atoms with Gasteiger partial charge in [-0.25, -0.2) is 13.2 Å². The van der Waals surface area contributed by atoms with Gasteiger partial charge in [-0.3, -0.25) is 4.72 Å². The predicted molar refractivity (Wildman–Crippen MR) is 88.2 cm³/mol. The molecule has 7 nitrogen and oxygen atoms in total. The van der Waals surface area contributed by atoms with Crippen molar-refractivity contribution >= 4 is 21.7 Å². The summed E-state index contributed by atoms with van der Waals surface area (Å²) < 4.78 is 32.8. The van der Waals surface area contributed by atoms with Gasteiger partial charge in [-0.1, -0.05) is 6.07 Å². The number of aromatic amines is 1. The molecule has 0 bridgehead atoms. The first-order valence-electron chi connectivity index (χ1n) is 7.19. The third-order valence-corrected chi connectivity index (χ3v) is 4.86. The number of hydrogen-bond acceptors (Lipinski definition) is 5. The van der Waals surface area contributed by atoms with Gasteiger partial charge < -0.3 is 9.72 Å². The van der Waals surface area contributed by atoms with Gasteiger partial charge in [0, 0.05) is 11.4 Å². The average molecular weight is 347 g/mol. The summed E-state index contributed by atoms with van der Waals surface area (Å²) in [6.07, 6.45) is 0. The minimum absolute atomic E-state index is 0.0155. The standard InChI is InChI=1S/C16H17N3O4S/c1-4-23-16(20)14-10(2)18-11(3)15(14)24(21,22)19-13-7-5-6-12(8-13)9-17/h5-8,18-19H,4H2,1-3H3. The minimum atomic E-state index is -4.03. The Labute approximate surface area is 140 Å². The lowest BCUT2D eigenvalue weighted by molar-refractivity contribution is 0.0521. The SMILES string of the molecule is CCOC(=O)c1c(C)[nH]c(C)c1S(=O)(=O)Nc1cccc(C#N)c1. The molecule has 0 aliphatic carbocycles. The fourth-order valence-corrected chi connectivity index (χ4v) is 3.90. The van der Waals surface area contributed by atoms with Crippen molar-refractivity contribution in [2.75, 3.05) is 11.3 Å². The highest BCUT2D eigenvalue weighted by Crippen LogP contribution is 2.27. The monoisotopic (exact) mass is 347 g/mol. The molecule has 0 amide bonds. The summed E-state index contributed by atoms with van der Waals surface area (Å²) in [6.45, 7) is 4.96. The van der Waals surface area contributed by atoms with Gasteiger partial charge in [0.2, 0.25) is 0 Å². The van der Waals surface area contributed by atoms with Crippen molar-refractivity contribution in [3.05, 3.63) is 46.8 Å². The van der Waals surface area contributed by atoms with Crippen LogP contribution < -0.4 is 4.72 Å². The number of sulfonamides is 1. The number of hydrogen-bond donors (Lipinski definition) is 2. The molecule has 8 heteroatoms. The van der Waals surface area contributed by atoms with Gasteiger partial charge in [-0.05, 0) is 39.0 Å². The number of nitrogens with one attached hydrogen (secondary N) is 2. The number of carbonyl (C=O) groups is 1. The van der Waals surface area contributed by atoms with E-state index < -0.39 is 16.0 Å². The number of carbonyl (C=O) groups excluding carboxylic acids is 1. The highest BCUT2D eigenvalue weighted by atomic mass is 32.2. The minimum Gasteiger partial charge on any atom is -0.462 e. The Balaban J connectivity index is 2.50. The van der Waals surface area contributed by atoms with Crippen LogP contribution in [0.15, 0.2) is 29.2 Å². The maximum absolute atomic E-state index is 12.7. The molecule has 0 aliphatic rings. The van der Waals surface area contributed by atoms with Crippen molar-refractivity contribution in [3.8, 4) is 6.07 Å². The predicted octanol–water partition coefficient (Wildman–Crippen LogP) is 2.48.